The van der Waals surface area contributed by atoms with Crippen LogP contribution in [0.4, 0.5) is 0 Å². The third-order valence-corrected chi connectivity index (χ3v) is 2.65. The molecule has 0 saturated heterocycles. The first-order chi connectivity index (χ1) is 7.56. The average Bonchev–Trinajstić information content (AvgIpc) is 2.64. The Morgan fingerprint density at radius 3 is 2.62 bits per heavy atom. The Bertz CT molecular complexity index is 345. The summed E-state index contributed by atoms with van der Waals surface area (Å²) in [5.41, 5.74) is 1.10. The summed E-state index contributed by atoms with van der Waals surface area (Å²) in [4.78, 5) is 11.6. The van der Waals surface area contributed by atoms with Crippen molar-refractivity contribution in [1.82, 2.24) is 10.6 Å². The highest BCUT2D eigenvalue weighted by Gasteiger charge is 2.20. The summed E-state index contributed by atoms with van der Waals surface area (Å²) in [6.07, 6.45) is 1.66. The molecule has 0 saturated carbocycles. The molecule has 2 N–H and O–H groups in total. The zero-order chi connectivity index (χ0) is 12.1. The molecule has 1 atom stereocenters. The molecule has 0 spiro atoms. The number of furan rings is 1. The second-order valence-electron chi connectivity index (χ2n) is 4.24. The van der Waals surface area contributed by atoms with Gasteiger partial charge in [0.05, 0.1) is 18.8 Å². The van der Waals surface area contributed by atoms with Crippen molar-refractivity contribution < 1.29 is 9.21 Å². The lowest BCUT2D eigenvalue weighted by molar-refractivity contribution is -0.123. The van der Waals surface area contributed by atoms with Gasteiger partial charge in [0.2, 0.25) is 5.91 Å². The van der Waals surface area contributed by atoms with Crippen molar-refractivity contribution in [3.63, 3.8) is 0 Å². The number of amides is 1. The standard InChI is InChI=1S/C12H20N2O2/c1-8(2)11(12(15)13-4)14-7-10-9(3)5-6-16-10/h5-6,8,11,14H,7H2,1-4H3,(H,13,15). The predicted octanol–water partition coefficient (Wildman–Crippen LogP) is 1.45. The Morgan fingerprint density at radius 1 is 1.50 bits per heavy atom. The van der Waals surface area contributed by atoms with E-state index in [0.717, 1.165) is 11.3 Å². The summed E-state index contributed by atoms with van der Waals surface area (Å²) in [6, 6.07) is 1.73. The van der Waals surface area contributed by atoms with Crippen LogP contribution in [0.1, 0.15) is 25.2 Å². The molecule has 0 radical (unpaired) electrons. The number of nitrogens with one attached hydrogen (secondary N) is 2. The summed E-state index contributed by atoms with van der Waals surface area (Å²) in [5, 5.41) is 5.87. The first-order valence-electron chi connectivity index (χ1n) is 5.54. The SMILES string of the molecule is CNC(=O)C(NCc1occc1C)C(C)C. The van der Waals surface area contributed by atoms with Crippen molar-refractivity contribution in [3.05, 3.63) is 23.7 Å². The van der Waals surface area contributed by atoms with E-state index in [-0.39, 0.29) is 17.9 Å². The highest BCUT2D eigenvalue weighted by Crippen LogP contribution is 2.10. The van der Waals surface area contributed by atoms with E-state index >= 15 is 0 Å². The largest absolute Gasteiger partial charge is 0.468 e. The summed E-state index contributed by atoms with van der Waals surface area (Å²) in [6.45, 7) is 6.60. The minimum Gasteiger partial charge on any atom is -0.468 e. The Labute approximate surface area is 96.4 Å². The first kappa shape index (κ1) is 12.8. The minimum absolute atomic E-state index is 0.0132. The molecule has 1 aromatic heterocycles. The number of aryl methyl sites for hydroxylation is 1. The second-order valence-corrected chi connectivity index (χ2v) is 4.24. The molecule has 4 heteroatoms. The van der Waals surface area contributed by atoms with Crippen molar-refractivity contribution in [2.75, 3.05) is 7.05 Å². The Morgan fingerprint density at radius 2 is 2.19 bits per heavy atom. The molecule has 4 nitrogen and oxygen atoms in total. The number of hydrogen-bond acceptors (Lipinski definition) is 3. The maximum atomic E-state index is 11.6. The molecule has 0 fully saturated rings. The van der Waals surface area contributed by atoms with Crippen LogP contribution in [0.2, 0.25) is 0 Å². The van der Waals surface area contributed by atoms with Crippen LogP contribution in [0.3, 0.4) is 0 Å². The molecule has 1 amide bonds. The zero-order valence-corrected chi connectivity index (χ0v) is 10.3. The van der Waals surface area contributed by atoms with Crippen LogP contribution in [0.25, 0.3) is 0 Å². The van der Waals surface area contributed by atoms with Crippen LogP contribution in [0.5, 0.6) is 0 Å². The Kier molecular flexibility index (Phi) is 4.55. The van der Waals surface area contributed by atoms with Gasteiger partial charge >= 0.3 is 0 Å². The lowest BCUT2D eigenvalue weighted by Crippen LogP contribution is -2.45. The minimum atomic E-state index is -0.186. The van der Waals surface area contributed by atoms with Gasteiger partial charge in [0, 0.05) is 7.05 Å². The van der Waals surface area contributed by atoms with Gasteiger partial charge in [-0.1, -0.05) is 13.8 Å². The van der Waals surface area contributed by atoms with Crippen LogP contribution in [0.15, 0.2) is 16.7 Å². The zero-order valence-electron chi connectivity index (χ0n) is 10.3. The summed E-state index contributed by atoms with van der Waals surface area (Å²) in [7, 11) is 1.65. The molecule has 1 aromatic rings. The summed E-state index contributed by atoms with van der Waals surface area (Å²) >= 11 is 0. The van der Waals surface area contributed by atoms with Crippen molar-refractivity contribution in [3.8, 4) is 0 Å². The third kappa shape index (κ3) is 3.10. The third-order valence-electron chi connectivity index (χ3n) is 2.65. The summed E-state index contributed by atoms with van der Waals surface area (Å²) < 4.78 is 5.31. The molecule has 0 bridgehead atoms. The maximum absolute atomic E-state index is 11.6. The molecule has 1 rings (SSSR count). The molecular weight excluding hydrogens is 204 g/mol. The van der Waals surface area contributed by atoms with E-state index in [4.69, 9.17) is 4.42 Å². The molecule has 90 valence electrons. The Hall–Kier alpha value is -1.29. The normalized spacial score (nSPS) is 12.8. The monoisotopic (exact) mass is 224 g/mol. The first-order valence-corrected chi connectivity index (χ1v) is 5.54. The molecule has 1 unspecified atom stereocenters. The van der Waals surface area contributed by atoms with E-state index in [1.54, 1.807) is 13.3 Å². The van der Waals surface area contributed by atoms with E-state index in [1.165, 1.54) is 0 Å². The molecule has 1 heterocycles. The van der Waals surface area contributed by atoms with Crippen molar-refractivity contribution in [2.45, 2.75) is 33.4 Å². The van der Waals surface area contributed by atoms with Crippen LogP contribution >= 0.6 is 0 Å². The highest BCUT2D eigenvalue weighted by molar-refractivity contribution is 5.81. The lowest BCUT2D eigenvalue weighted by Gasteiger charge is -2.20. The van der Waals surface area contributed by atoms with Crippen molar-refractivity contribution in [1.29, 1.82) is 0 Å². The van der Waals surface area contributed by atoms with Gasteiger partial charge < -0.3 is 9.73 Å². The summed E-state index contributed by atoms with van der Waals surface area (Å²) in [5.74, 6) is 1.14. The van der Waals surface area contributed by atoms with Gasteiger partial charge in [0.25, 0.3) is 0 Å². The van der Waals surface area contributed by atoms with Gasteiger partial charge in [-0.2, -0.15) is 0 Å². The number of hydrogen-bond donors (Lipinski definition) is 2. The van der Waals surface area contributed by atoms with Crippen molar-refractivity contribution in [2.24, 2.45) is 5.92 Å². The fourth-order valence-corrected chi connectivity index (χ4v) is 1.57. The smallest absolute Gasteiger partial charge is 0.237 e. The quantitative estimate of drug-likeness (QED) is 0.796. The topological polar surface area (TPSA) is 54.3 Å². The van der Waals surface area contributed by atoms with Crippen LogP contribution in [0, 0.1) is 12.8 Å². The Balaban J connectivity index is 2.57. The van der Waals surface area contributed by atoms with Crippen LogP contribution in [-0.2, 0) is 11.3 Å². The van der Waals surface area contributed by atoms with Gasteiger partial charge in [0.1, 0.15) is 5.76 Å². The molecule has 0 aliphatic heterocycles. The van der Waals surface area contributed by atoms with Gasteiger partial charge in [-0.25, -0.2) is 0 Å². The number of rotatable bonds is 5. The average molecular weight is 224 g/mol. The van der Waals surface area contributed by atoms with Crippen molar-refractivity contribution >= 4 is 5.91 Å². The number of carbonyl (C=O) groups is 1. The molecular formula is C12H20N2O2. The van der Waals surface area contributed by atoms with E-state index in [1.807, 2.05) is 26.8 Å². The van der Waals surface area contributed by atoms with Crippen LogP contribution < -0.4 is 10.6 Å². The highest BCUT2D eigenvalue weighted by atomic mass is 16.3. The van der Waals surface area contributed by atoms with E-state index in [2.05, 4.69) is 10.6 Å². The van der Waals surface area contributed by atoms with Crippen LogP contribution in [-0.4, -0.2) is 19.0 Å². The predicted molar refractivity (Wildman–Crippen MR) is 63.0 cm³/mol. The van der Waals surface area contributed by atoms with Gasteiger partial charge in [-0.05, 0) is 24.5 Å². The molecule has 0 aromatic carbocycles. The maximum Gasteiger partial charge on any atom is 0.237 e. The van der Waals surface area contributed by atoms with E-state index < -0.39 is 0 Å². The fourth-order valence-electron chi connectivity index (χ4n) is 1.57. The fraction of sp³-hybridized carbons (Fsp3) is 0.583. The van der Waals surface area contributed by atoms with E-state index in [0.29, 0.717) is 6.54 Å². The van der Waals surface area contributed by atoms with Gasteiger partial charge in [0.15, 0.2) is 0 Å². The molecule has 0 aliphatic rings. The molecule has 16 heavy (non-hydrogen) atoms. The van der Waals surface area contributed by atoms with Gasteiger partial charge in [-0.15, -0.1) is 0 Å². The molecule has 0 aliphatic carbocycles. The number of likely N-dealkylation sites (N-methyl/N-ethyl adjacent to an activating group) is 1. The van der Waals surface area contributed by atoms with E-state index in [9.17, 15) is 4.79 Å². The van der Waals surface area contributed by atoms with Gasteiger partial charge in [-0.3, -0.25) is 10.1 Å². The second kappa shape index (κ2) is 5.70. The number of carbonyl (C=O) groups excluding carboxylic acids is 1. The lowest BCUT2D eigenvalue weighted by atomic mass is 10.0.